The molecule has 0 aliphatic rings. The maximum Gasteiger partial charge on any atom is 0.193 e. The third-order valence-electron chi connectivity index (χ3n) is 3.02. The first-order valence-electron chi connectivity index (χ1n) is 6.33. The van der Waals surface area contributed by atoms with Gasteiger partial charge >= 0.3 is 0 Å². The van der Waals surface area contributed by atoms with Crippen LogP contribution in [0.15, 0.2) is 34.7 Å². The number of benzene rings is 1. The molecule has 102 valence electrons. The maximum absolute atomic E-state index is 6.28. The molecule has 0 bridgehead atoms. The minimum absolute atomic E-state index is 0.0812. The van der Waals surface area contributed by atoms with Gasteiger partial charge in [0.1, 0.15) is 5.76 Å². The molecular weight excluding hydrogens is 281 g/mol. The molecule has 1 aromatic heterocycles. The molecular formula is C15H17Cl2NO. The van der Waals surface area contributed by atoms with Crippen molar-refractivity contribution in [1.29, 1.82) is 0 Å². The molecule has 1 N–H and O–H groups in total. The maximum atomic E-state index is 6.28. The summed E-state index contributed by atoms with van der Waals surface area (Å²) in [5.74, 6) is 0.837. The molecule has 1 unspecified atom stereocenters. The quantitative estimate of drug-likeness (QED) is 0.858. The van der Waals surface area contributed by atoms with Crippen LogP contribution in [0.3, 0.4) is 0 Å². The van der Waals surface area contributed by atoms with Gasteiger partial charge in [-0.1, -0.05) is 30.7 Å². The summed E-state index contributed by atoms with van der Waals surface area (Å²) in [4.78, 5) is 0. The smallest absolute Gasteiger partial charge is 0.193 e. The number of halogens is 2. The number of likely N-dealkylation sites (N-methyl/N-ethyl adjacent to an activating group) is 1. The summed E-state index contributed by atoms with van der Waals surface area (Å²) >= 11 is 12.1. The molecule has 1 aromatic carbocycles. The first-order valence-corrected chi connectivity index (χ1v) is 7.09. The molecule has 0 aliphatic carbocycles. The highest BCUT2D eigenvalue weighted by Crippen LogP contribution is 2.26. The van der Waals surface area contributed by atoms with E-state index in [0.29, 0.717) is 5.22 Å². The highest BCUT2D eigenvalue weighted by molar-refractivity contribution is 6.31. The highest BCUT2D eigenvalue weighted by atomic mass is 35.5. The third kappa shape index (κ3) is 3.75. The van der Waals surface area contributed by atoms with Crippen molar-refractivity contribution in [2.45, 2.75) is 26.3 Å². The van der Waals surface area contributed by atoms with E-state index in [4.69, 9.17) is 27.6 Å². The number of hydrogen-bond acceptors (Lipinski definition) is 2. The van der Waals surface area contributed by atoms with Crippen LogP contribution in [-0.2, 0) is 6.42 Å². The van der Waals surface area contributed by atoms with Crippen molar-refractivity contribution in [2.75, 3.05) is 6.54 Å². The zero-order valence-electron chi connectivity index (χ0n) is 11.0. The largest absolute Gasteiger partial charge is 0.448 e. The van der Waals surface area contributed by atoms with Gasteiger partial charge in [0.2, 0.25) is 0 Å². The SMILES string of the molecule is CCNC(Cc1ccc(C)cc1Cl)c1ccc(Cl)o1. The summed E-state index contributed by atoms with van der Waals surface area (Å²) in [6.07, 6.45) is 0.775. The van der Waals surface area contributed by atoms with Crippen molar-refractivity contribution in [1.82, 2.24) is 5.32 Å². The van der Waals surface area contributed by atoms with E-state index in [2.05, 4.69) is 24.4 Å². The Hall–Kier alpha value is -0.960. The number of aryl methyl sites for hydroxylation is 1. The van der Waals surface area contributed by atoms with Crippen LogP contribution < -0.4 is 5.32 Å². The second kappa shape index (κ2) is 6.47. The molecule has 0 radical (unpaired) electrons. The van der Waals surface area contributed by atoms with Crippen molar-refractivity contribution in [3.63, 3.8) is 0 Å². The van der Waals surface area contributed by atoms with Crippen LogP contribution in [0, 0.1) is 6.92 Å². The molecule has 4 heteroatoms. The normalized spacial score (nSPS) is 12.6. The Morgan fingerprint density at radius 3 is 2.58 bits per heavy atom. The minimum Gasteiger partial charge on any atom is -0.448 e. The molecule has 0 aliphatic heterocycles. The lowest BCUT2D eigenvalue weighted by Crippen LogP contribution is -2.22. The van der Waals surface area contributed by atoms with Crippen LogP contribution >= 0.6 is 23.2 Å². The summed E-state index contributed by atoms with van der Waals surface area (Å²) < 4.78 is 5.49. The second-order valence-corrected chi connectivity index (χ2v) is 5.33. The zero-order valence-corrected chi connectivity index (χ0v) is 12.6. The van der Waals surface area contributed by atoms with E-state index in [1.165, 1.54) is 0 Å². The molecule has 2 rings (SSSR count). The fraction of sp³-hybridized carbons (Fsp3) is 0.333. The van der Waals surface area contributed by atoms with Crippen molar-refractivity contribution in [2.24, 2.45) is 0 Å². The van der Waals surface area contributed by atoms with Crippen LogP contribution in [0.2, 0.25) is 10.2 Å². The first kappa shape index (κ1) is 14.4. The van der Waals surface area contributed by atoms with Gasteiger partial charge in [0.15, 0.2) is 5.22 Å². The number of nitrogens with one attached hydrogen (secondary N) is 1. The van der Waals surface area contributed by atoms with Crippen molar-refractivity contribution in [3.8, 4) is 0 Å². The summed E-state index contributed by atoms with van der Waals surface area (Å²) in [5.41, 5.74) is 2.26. The van der Waals surface area contributed by atoms with Gasteiger partial charge in [-0.05, 0) is 60.8 Å². The van der Waals surface area contributed by atoms with E-state index in [9.17, 15) is 0 Å². The Bertz CT molecular complexity index is 551. The van der Waals surface area contributed by atoms with Crippen molar-refractivity contribution >= 4 is 23.2 Å². The molecule has 1 heterocycles. The molecule has 2 nitrogen and oxygen atoms in total. The van der Waals surface area contributed by atoms with Crippen LogP contribution in [0.1, 0.15) is 29.9 Å². The standard InChI is InChI=1S/C15H17Cl2NO/c1-3-18-13(14-6-7-15(17)19-14)9-11-5-4-10(2)8-12(11)16/h4-8,13,18H,3,9H2,1-2H3. The predicted molar refractivity (Wildman–Crippen MR) is 80.0 cm³/mol. The van der Waals surface area contributed by atoms with Gasteiger partial charge in [-0.2, -0.15) is 0 Å². The van der Waals surface area contributed by atoms with E-state index >= 15 is 0 Å². The molecule has 0 spiro atoms. The second-order valence-electron chi connectivity index (χ2n) is 4.55. The summed E-state index contributed by atoms with van der Waals surface area (Å²) in [6.45, 7) is 4.95. The van der Waals surface area contributed by atoms with Crippen LogP contribution in [0.5, 0.6) is 0 Å². The lowest BCUT2D eigenvalue weighted by atomic mass is 10.0. The molecule has 0 saturated carbocycles. The average Bonchev–Trinajstić information content (AvgIpc) is 2.78. The van der Waals surface area contributed by atoms with Crippen LogP contribution in [-0.4, -0.2) is 6.54 Å². The van der Waals surface area contributed by atoms with E-state index < -0.39 is 0 Å². The van der Waals surface area contributed by atoms with Crippen molar-refractivity contribution < 1.29 is 4.42 Å². The number of hydrogen-bond donors (Lipinski definition) is 1. The van der Waals surface area contributed by atoms with Crippen LogP contribution in [0.4, 0.5) is 0 Å². The summed E-state index contributed by atoms with van der Waals surface area (Å²) in [6, 6.07) is 9.86. The van der Waals surface area contributed by atoms with E-state index in [1.54, 1.807) is 6.07 Å². The minimum atomic E-state index is 0.0812. The molecule has 0 fully saturated rings. The Labute approximate surface area is 123 Å². The summed E-state index contributed by atoms with van der Waals surface area (Å²) in [7, 11) is 0. The predicted octanol–water partition coefficient (Wildman–Crippen LogP) is 4.79. The summed E-state index contributed by atoms with van der Waals surface area (Å²) in [5, 5.41) is 4.59. The van der Waals surface area contributed by atoms with Gasteiger partial charge < -0.3 is 9.73 Å². The van der Waals surface area contributed by atoms with Gasteiger partial charge in [-0.3, -0.25) is 0 Å². The average molecular weight is 298 g/mol. The fourth-order valence-electron chi connectivity index (χ4n) is 2.07. The monoisotopic (exact) mass is 297 g/mol. The Kier molecular flexibility index (Phi) is 4.92. The Morgan fingerprint density at radius 2 is 2.00 bits per heavy atom. The topological polar surface area (TPSA) is 25.2 Å². The number of rotatable bonds is 5. The molecule has 19 heavy (non-hydrogen) atoms. The van der Waals surface area contributed by atoms with Gasteiger partial charge in [0, 0.05) is 5.02 Å². The van der Waals surface area contributed by atoms with E-state index in [0.717, 1.165) is 34.9 Å². The lowest BCUT2D eigenvalue weighted by molar-refractivity contribution is 0.417. The van der Waals surface area contributed by atoms with Gasteiger partial charge in [-0.15, -0.1) is 0 Å². The van der Waals surface area contributed by atoms with Crippen molar-refractivity contribution in [3.05, 3.63) is 57.5 Å². The highest BCUT2D eigenvalue weighted by Gasteiger charge is 2.16. The van der Waals surface area contributed by atoms with Gasteiger partial charge in [0.25, 0.3) is 0 Å². The van der Waals surface area contributed by atoms with E-state index in [-0.39, 0.29) is 6.04 Å². The third-order valence-corrected chi connectivity index (χ3v) is 3.58. The molecule has 2 aromatic rings. The molecule has 1 atom stereocenters. The lowest BCUT2D eigenvalue weighted by Gasteiger charge is -2.16. The zero-order chi connectivity index (χ0) is 13.8. The van der Waals surface area contributed by atoms with Gasteiger partial charge in [0.05, 0.1) is 6.04 Å². The Morgan fingerprint density at radius 1 is 1.21 bits per heavy atom. The first-order chi connectivity index (χ1) is 9.10. The van der Waals surface area contributed by atoms with Gasteiger partial charge in [-0.25, -0.2) is 0 Å². The molecule has 0 saturated heterocycles. The fourth-order valence-corrected chi connectivity index (χ4v) is 2.54. The molecule has 0 amide bonds. The number of furan rings is 1. The Balaban J connectivity index is 2.21. The van der Waals surface area contributed by atoms with E-state index in [1.807, 2.05) is 19.1 Å². The van der Waals surface area contributed by atoms with Crippen LogP contribution in [0.25, 0.3) is 0 Å².